The lowest BCUT2D eigenvalue weighted by molar-refractivity contribution is -0.385. The third-order valence-corrected chi connectivity index (χ3v) is 4.45. The minimum Gasteiger partial charge on any atom is -0.325 e. The summed E-state index contributed by atoms with van der Waals surface area (Å²) in [6.07, 6.45) is 0. The number of nitrogens with one attached hydrogen (secondary N) is 1. The molecule has 0 aliphatic carbocycles. The number of sulfonamides is 1. The number of benzene rings is 1. The van der Waals surface area contributed by atoms with Crippen LogP contribution in [0.5, 0.6) is 0 Å². The highest BCUT2D eigenvalue weighted by Gasteiger charge is 2.31. The van der Waals surface area contributed by atoms with Crippen LogP contribution in [-0.4, -0.2) is 32.4 Å². The van der Waals surface area contributed by atoms with Crippen molar-refractivity contribution in [2.75, 3.05) is 13.1 Å². The van der Waals surface area contributed by atoms with Gasteiger partial charge < -0.3 is 5.73 Å². The number of nitrogens with zero attached hydrogens (tertiary/aromatic N) is 1. The van der Waals surface area contributed by atoms with Gasteiger partial charge >= 0.3 is 0 Å². The molecule has 1 aromatic carbocycles. The molecule has 0 atom stereocenters. The highest BCUT2D eigenvalue weighted by atomic mass is 35.5. The summed E-state index contributed by atoms with van der Waals surface area (Å²) in [5.74, 6) is -3.37. The van der Waals surface area contributed by atoms with Crippen LogP contribution in [0.25, 0.3) is 0 Å². The number of non-ortho nitro benzene ring substituents is 1. The Bertz CT molecular complexity index is 644. The molecule has 0 bridgehead atoms. The zero-order valence-corrected chi connectivity index (χ0v) is 13.4. The van der Waals surface area contributed by atoms with Crippen LogP contribution in [0, 0.1) is 24.0 Å². The van der Waals surface area contributed by atoms with Gasteiger partial charge in [-0.3, -0.25) is 10.1 Å². The predicted octanol–water partition coefficient (Wildman–Crippen LogP) is 1.51. The van der Waals surface area contributed by atoms with E-state index in [0.717, 1.165) is 12.1 Å². The number of nitro groups is 1. The summed E-state index contributed by atoms with van der Waals surface area (Å²) in [6, 6.07) is 2.14. The lowest BCUT2D eigenvalue weighted by atomic mass is 10.1. The summed E-state index contributed by atoms with van der Waals surface area (Å²) in [7, 11) is -4.22. The number of alkyl halides is 2. The highest BCUT2D eigenvalue weighted by molar-refractivity contribution is 7.89. The van der Waals surface area contributed by atoms with Crippen LogP contribution in [0.15, 0.2) is 17.0 Å². The second-order valence-electron chi connectivity index (χ2n) is 4.55. The van der Waals surface area contributed by atoms with E-state index in [9.17, 15) is 27.3 Å². The molecule has 0 saturated heterocycles. The third-order valence-electron chi connectivity index (χ3n) is 2.74. The van der Waals surface area contributed by atoms with Crippen molar-refractivity contribution in [3.05, 3.63) is 33.4 Å². The van der Waals surface area contributed by atoms with Gasteiger partial charge in [-0.25, -0.2) is 21.9 Å². The van der Waals surface area contributed by atoms with E-state index in [0.29, 0.717) is 0 Å². The van der Waals surface area contributed by atoms with Crippen molar-refractivity contribution in [2.24, 2.45) is 5.73 Å². The Morgan fingerprint density at radius 3 is 2.14 bits per heavy atom. The lowest BCUT2D eigenvalue weighted by Gasteiger charge is -2.16. The van der Waals surface area contributed by atoms with Gasteiger partial charge in [-0.1, -0.05) is 0 Å². The van der Waals surface area contributed by atoms with Crippen molar-refractivity contribution < 1.29 is 22.1 Å². The third kappa shape index (κ3) is 4.83. The molecule has 0 radical (unpaired) electrons. The number of rotatable bonds is 6. The molecular weight excluding hydrogens is 344 g/mol. The van der Waals surface area contributed by atoms with Gasteiger partial charge in [0.15, 0.2) is 0 Å². The number of halogens is 3. The molecule has 11 heteroatoms. The molecule has 22 heavy (non-hydrogen) atoms. The Balaban J connectivity index is 0.00000441. The number of nitro benzene ring substituents is 1. The monoisotopic (exact) mass is 359 g/mol. The first-order valence-corrected chi connectivity index (χ1v) is 7.32. The molecule has 7 nitrogen and oxygen atoms in total. The second-order valence-corrected chi connectivity index (χ2v) is 6.25. The van der Waals surface area contributed by atoms with Gasteiger partial charge in [0.25, 0.3) is 11.6 Å². The van der Waals surface area contributed by atoms with Crippen LogP contribution in [0.1, 0.15) is 11.1 Å². The molecule has 0 aromatic heterocycles. The van der Waals surface area contributed by atoms with Gasteiger partial charge in [-0.15, -0.1) is 12.4 Å². The van der Waals surface area contributed by atoms with Crippen LogP contribution in [0.3, 0.4) is 0 Å². The fourth-order valence-electron chi connectivity index (χ4n) is 1.80. The van der Waals surface area contributed by atoms with Gasteiger partial charge in [0.05, 0.1) is 22.9 Å². The van der Waals surface area contributed by atoms with Gasteiger partial charge in [0.2, 0.25) is 10.0 Å². The van der Waals surface area contributed by atoms with E-state index in [1.165, 1.54) is 13.8 Å². The summed E-state index contributed by atoms with van der Waals surface area (Å²) in [4.78, 5) is 9.78. The van der Waals surface area contributed by atoms with E-state index >= 15 is 0 Å². The van der Waals surface area contributed by atoms with Crippen molar-refractivity contribution in [3.63, 3.8) is 0 Å². The van der Waals surface area contributed by atoms with E-state index in [-0.39, 0.29) is 34.1 Å². The fraction of sp³-hybridized carbons (Fsp3) is 0.455. The maximum Gasteiger partial charge on any atom is 0.273 e. The van der Waals surface area contributed by atoms with Crippen molar-refractivity contribution in [2.45, 2.75) is 24.7 Å². The van der Waals surface area contributed by atoms with Crippen LogP contribution < -0.4 is 10.5 Å². The molecule has 0 aliphatic heterocycles. The summed E-state index contributed by atoms with van der Waals surface area (Å²) in [5, 5.41) is 10.7. The highest BCUT2D eigenvalue weighted by Crippen LogP contribution is 2.25. The molecular formula is C11H16ClF2N3O4S. The molecule has 0 fully saturated rings. The minimum absolute atomic E-state index is 0. The van der Waals surface area contributed by atoms with E-state index in [1.54, 1.807) is 4.72 Å². The molecule has 0 amide bonds. The average molecular weight is 360 g/mol. The average Bonchev–Trinajstić information content (AvgIpc) is 2.35. The Morgan fingerprint density at radius 2 is 1.77 bits per heavy atom. The lowest BCUT2D eigenvalue weighted by Crippen LogP contribution is -2.41. The maximum absolute atomic E-state index is 13.0. The number of hydrogen-bond donors (Lipinski definition) is 2. The van der Waals surface area contributed by atoms with Gasteiger partial charge in [-0.2, -0.15) is 0 Å². The summed E-state index contributed by atoms with van der Waals surface area (Å²) >= 11 is 0. The van der Waals surface area contributed by atoms with E-state index in [2.05, 4.69) is 0 Å². The first-order valence-electron chi connectivity index (χ1n) is 5.83. The zero-order valence-electron chi connectivity index (χ0n) is 11.8. The van der Waals surface area contributed by atoms with E-state index in [4.69, 9.17) is 5.73 Å². The minimum atomic E-state index is -4.22. The van der Waals surface area contributed by atoms with Crippen molar-refractivity contribution in [1.29, 1.82) is 0 Å². The molecule has 0 unspecified atom stereocenters. The molecule has 126 valence electrons. The van der Waals surface area contributed by atoms with Crippen LogP contribution in [0.2, 0.25) is 0 Å². The molecule has 0 saturated carbocycles. The number of aryl methyl sites for hydroxylation is 2. The normalized spacial score (nSPS) is 11.9. The standard InChI is InChI=1S/C11H15F2N3O4S.ClH/c1-7-3-9(16(17)18)4-8(2)10(7)21(19,20)15-6-11(12,13)5-14;/h3-4,15H,5-6,14H2,1-2H3;1H. The fourth-order valence-corrected chi connectivity index (χ4v) is 3.31. The quantitative estimate of drug-likeness (QED) is 0.590. The van der Waals surface area contributed by atoms with Crippen LogP contribution in [-0.2, 0) is 10.0 Å². The molecule has 1 aromatic rings. The van der Waals surface area contributed by atoms with Crippen molar-refractivity contribution >= 4 is 28.1 Å². The molecule has 1 rings (SSSR count). The Hall–Kier alpha value is -1.36. The Kier molecular flexibility index (Phi) is 6.82. The van der Waals surface area contributed by atoms with Crippen molar-refractivity contribution in [3.8, 4) is 0 Å². The summed E-state index contributed by atoms with van der Waals surface area (Å²) in [5.41, 5.74) is 4.76. The molecule has 0 heterocycles. The maximum atomic E-state index is 13.0. The number of hydrogen-bond acceptors (Lipinski definition) is 5. The topological polar surface area (TPSA) is 115 Å². The summed E-state index contributed by atoms with van der Waals surface area (Å²) < 4.78 is 52.0. The smallest absolute Gasteiger partial charge is 0.273 e. The van der Waals surface area contributed by atoms with E-state index < -0.39 is 34.0 Å². The van der Waals surface area contributed by atoms with Gasteiger partial charge in [-0.05, 0) is 25.0 Å². The molecule has 0 spiro atoms. The van der Waals surface area contributed by atoms with Crippen LogP contribution in [0.4, 0.5) is 14.5 Å². The SMILES string of the molecule is Cc1cc([N+](=O)[O-])cc(C)c1S(=O)(=O)NCC(F)(F)CN.Cl. The van der Waals surface area contributed by atoms with E-state index in [1.807, 2.05) is 0 Å². The number of nitrogens with two attached hydrogens (primary N) is 1. The van der Waals surface area contributed by atoms with Gasteiger partial charge in [0.1, 0.15) is 0 Å². The second kappa shape index (κ2) is 7.27. The zero-order chi connectivity index (χ0) is 16.4. The first kappa shape index (κ1) is 20.6. The first-order chi connectivity index (χ1) is 9.50. The Labute approximate surface area is 132 Å². The largest absolute Gasteiger partial charge is 0.325 e. The summed E-state index contributed by atoms with van der Waals surface area (Å²) in [6.45, 7) is 0.584. The van der Waals surface area contributed by atoms with Crippen molar-refractivity contribution in [1.82, 2.24) is 4.72 Å². The predicted molar refractivity (Wildman–Crippen MR) is 79.0 cm³/mol. The molecule has 0 aliphatic rings. The Morgan fingerprint density at radius 1 is 1.32 bits per heavy atom. The van der Waals surface area contributed by atoms with Crippen LogP contribution >= 0.6 is 12.4 Å². The molecule has 3 N–H and O–H groups in total. The van der Waals surface area contributed by atoms with Gasteiger partial charge in [0, 0.05) is 12.1 Å².